The molecule has 9 nitrogen and oxygen atoms in total. The van der Waals surface area contributed by atoms with Gasteiger partial charge in [0, 0.05) is 48.7 Å². The Balaban J connectivity index is 1.34. The zero-order valence-electron chi connectivity index (χ0n) is 23.9. The SMILES string of the molecule is CN(c1nc(OC[C@@]23CCCN2C[C@H](F)C3)nc2c(F)c(-c3cccc4cccc(Cl)c34)ncc12)[C@@H]1CN(C(=O)O)C[C@H]1F. The summed E-state index contributed by atoms with van der Waals surface area (Å²) in [7, 11) is 1.58. The van der Waals surface area contributed by atoms with E-state index < -0.39 is 35.8 Å². The highest BCUT2D eigenvalue weighted by atomic mass is 35.5. The van der Waals surface area contributed by atoms with E-state index in [0.717, 1.165) is 29.7 Å². The number of alkyl halides is 2. The summed E-state index contributed by atoms with van der Waals surface area (Å²) in [5, 5.41) is 11.5. The Bertz CT molecular complexity index is 1780. The lowest BCUT2D eigenvalue weighted by molar-refractivity contribution is 0.107. The quantitative estimate of drug-likeness (QED) is 0.290. The van der Waals surface area contributed by atoms with Gasteiger partial charge in [-0.1, -0.05) is 41.9 Å². The van der Waals surface area contributed by atoms with Crippen LogP contribution in [0, 0.1) is 5.82 Å². The van der Waals surface area contributed by atoms with Crippen molar-refractivity contribution in [2.45, 2.75) is 43.2 Å². The molecule has 44 heavy (non-hydrogen) atoms. The number of nitrogens with zero attached hydrogens (tertiary/aromatic N) is 6. The van der Waals surface area contributed by atoms with Crippen LogP contribution in [0.2, 0.25) is 5.02 Å². The van der Waals surface area contributed by atoms with Crippen molar-refractivity contribution in [2.24, 2.45) is 0 Å². The first-order valence-electron chi connectivity index (χ1n) is 14.6. The van der Waals surface area contributed by atoms with Crippen LogP contribution in [0.25, 0.3) is 32.9 Å². The number of hydrogen-bond acceptors (Lipinski definition) is 7. The number of likely N-dealkylation sites (N-methyl/N-ethyl adjacent to an activating group) is 1. The minimum Gasteiger partial charge on any atom is -0.465 e. The van der Waals surface area contributed by atoms with E-state index in [1.165, 1.54) is 11.1 Å². The molecule has 5 heterocycles. The molecule has 13 heteroatoms. The third-order valence-electron chi connectivity index (χ3n) is 9.31. The first kappa shape index (κ1) is 28.8. The number of fused-ring (bicyclic) bond motifs is 3. The summed E-state index contributed by atoms with van der Waals surface area (Å²) in [5.74, 6) is -0.591. The fourth-order valence-electron chi connectivity index (χ4n) is 7.11. The van der Waals surface area contributed by atoms with Gasteiger partial charge < -0.3 is 19.6 Å². The van der Waals surface area contributed by atoms with Crippen LogP contribution >= 0.6 is 11.6 Å². The molecule has 7 rings (SSSR count). The van der Waals surface area contributed by atoms with Gasteiger partial charge in [0.25, 0.3) is 0 Å². The van der Waals surface area contributed by atoms with Crippen molar-refractivity contribution in [2.75, 3.05) is 44.7 Å². The van der Waals surface area contributed by atoms with Crippen molar-refractivity contribution in [1.82, 2.24) is 24.8 Å². The number of halogens is 4. The van der Waals surface area contributed by atoms with Crippen LogP contribution in [-0.4, -0.2) is 99.7 Å². The summed E-state index contributed by atoms with van der Waals surface area (Å²) in [6.45, 7) is 0.827. The average Bonchev–Trinajstić information content (AvgIpc) is 3.67. The monoisotopic (exact) mass is 626 g/mol. The van der Waals surface area contributed by atoms with Gasteiger partial charge >= 0.3 is 12.1 Å². The molecule has 3 fully saturated rings. The molecule has 230 valence electrons. The number of hydrogen-bond donors (Lipinski definition) is 1. The van der Waals surface area contributed by atoms with Gasteiger partial charge in [-0.25, -0.2) is 18.0 Å². The lowest BCUT2D eigenvalue weighted by Crippen LogP contribution is -2.43. The zero-order chi connectivity index (χ0) is 30.7. The fourth-order valence-corrected chi connectivity index (χ4v) is 7.39. The molecular formula is C31H30ClF3N6O3. The molecule has 0 saturated carbocycles. The van der Waals surface area contributed by atoms with Crippen molar-refractivity contribution < 1.29 is 27.8 Å². The van der Waals surface area contributed by atoms with Crippen LogP contribution in [0.3, 0.4) is 0 Å². The van der Waals surface area contributed by atoms with E-state index in [-0.39, 0.29) is 48.1 Å². The topological polar surface area (TPSA) is 94.9 Å². The number of amides is 1. The van der Waals surface area contributed by atoms with E-state index in [4.69, 9.17) is 16.3 Å². The van der Waals surface area contributed by atoms with Gasteiger partial charge in [-0.2, -0.15) is 9.97 Å². The van der Waals surface area contributed by atoms with E-state index in [1.807, 2.05) is 18.2 Å². The van der Waals surface area contributed by atoms with Gasteiger partial charge in [0.2, 0.25) is 0 Å². The molecule has 4 aromatic rings. The Morgan fingerprint density at radius 2 is 1.98 bits per heavy atom. The minimum atomic E-state index is -1.51. The molecule has 3 aliphatic heterocycles. The van der Waals surface area contributed by atoms with E-state index in [0.29, 0.717) is 28.9 Å². The largest absolute Gasteiger partial charge is 0.465 e. The number of carboxylic acid groups (broad SMARTS) is 1. The number of benzene rings is 2. The third-order valence-corrected chi connectivity index (χ3v) is 9.62. The number of aromatic nitrogens is 3. The number of likely N-dealkylation sites (tertiary alicyclic amines) is 1. The Morgan fingerprint density at radius 1 is 1.18 bits per heavy atom. The first-order valence-corrected chi connectivity index (χ1v) is 14.9. The summed E-state index contributed by atoms with van der Waals surface area (Å²) in [6, 6.07) is 9.76. The number of ether oxygens (including phenoxy) is 1. The second-order valence-corrected chi connectivity index (χ2v) is 12.3. The lowest BCUT2D eigenvalue weighted by Gasteiger charge is -2.31. The summed E-state index contributed by atoms with van der Waals surface area (Å²) >= 11 is 6.54. The van der Waals surface area contributed by atoms with E-state index in [2.05, 4.69) is 19.9 Å². The maximum atomic E-state index is 16.6. The molecule has 2 aromatic heterocycles. The van der Waals surface area contributed by atoms with Gasteiger partial charge in [0.15, 0.2) is 5.82 Å². The van der Waals surface area contributed by atoms with Gasteiger partial charge in [-0.3, -0.25) is 9.88 Å². The smallest absolute Gasteiger partial charge is 0.407 e. The van der Waals surface area contributed by atoms with Crippen LogP contribution in [0.4, 0.5) is 23.8 Å². The van der Waals surface area contributed by atoms with Gasteiger partial charge in [-0.05, 0) is 30.8 Å². The number of carbonyl (C=O) groups is 1. The number of pyridine rings is 1. The highest BCUT2D eigenvalue weighted by Crippen LogP contribution is 2.41. The van der Waals surface area contributed by atoms with E-state index in [9.17, 15) is 14.3 Å². The Labute approximate surface area is 256 Å². The molecule has 3 saturated heterocycles. The van der Waals surface area contributed by atoms with Crippen molar-refractivity contribution >= 4 is 45.2 Å². The molecule has 0 spiro atoms. The summed E-state index contributed by atoms with van der Waals surface area (Å²) in [5.41, 5.74) is -0.0962. The molecule has 1 N–H and O–H groups in total. The second-order valence-electron chi connectivity index (χ2n) is 11.9. The Kier molecular flexibility index (Phi) is 7.16. The highest BCUT2D eigenvalue weighted by Gasteiger charge is 2.49. The third kappa shape index (κ3) is 4.75. The highest BCUT2D eigenvalue weighted by molar-refractivity contribution is 6.36. The van der Waals surface area contributed by atoms with Crippen LogP contribution in [0.5, 0.6) is 6.01 Å². The van der Waals surface area contributed by atoms with Crippen LogP contribution in [0.15, 0.2) is 42.6 Å². The van der Waals surface area contributed by atoms with Crippen molar-refractivity contribution in [3.8, 4) is 17.3 Å². The van der Waals surface area contributed by atoms with Crippen molar-refractivity contribution in [3.05, 3.63) is 53.4 Å². The van der Waals surface area contributed by atoms with Gasteiger partial charge in [0.1, 0.15) is 36.0 Å². The average molecular weight is 627 g/mol. The maximum absolute atomic E-state index is 16.6. The summed E-state index contributed by atoms with van der Waals surface area (Å²) < 4.78 is 52.3. The second kappa shape index (κ2) is 10.9. The summed E-state index contributed by atoms with van der Waals surface area (Å²) in [4.78, 5) is 29.6. The van der Waals surface area contributed by atoms with Crippen LogP contribution < -0.4 is 9.64 Å². The molecule has 0 radical (unpaired) electrons. The predicted molar refractivity (Wildman–Crippen MR) is 160 cm³/mol. The first-order chi connectivity index (χ1) is 21.1. The fraction of sp³-hybridized carbons (Fsp3) is 0.419. The molecule has 4 atom stereocenters. The predicted octanol–water partition coefficient (Wildman–Crippen LogP) is 5.73. The van der Waals surface area contributed by atoms with Gasteiger partial charge in [0.05, 0.1) is 23.5 Å². The van der Waals surface area contributed by atoms with E-state index >= 15 is 8.78 Å². The van der Waals surface area contributed by atoms with Crippen LogP contribution in [0.1, 0.15) is 19.3 Å². The normalized spacial score (nSPS) is 25.2. The molecule has 0 bridgehead atoms. The lowest BCUT2D eigenvalue weighted by atomic mass is 9.95. The molecule has 0 unspecified atom stereocenters. The Morgan fingerprint density at radius 3 is 2.75 bits per heavy atom. The summed E-state index contributed by atoms with van der Waals surface area (Å²) in [6.07, 6.45) is -0.265. The number of rotatable bonds is 6. The minimum absolute atomic E-state index is 0.0207. The molecule has 2 aromatic carbocycles. The molecule has 1 amide bonds. The number of anilines is 1. The zero-order valence-corrected chi connectivity index (χ0v) is 24.6. The van der Waals surface area contributed by atoms with Gasteiger partial charge in [-0.15, -0.1) is 0 Å². The van der Waals surface area contributed by atoms with Crippen molar-refractivity contribution in [3.63, 3.8) is 0 Å². The van der Waals surface area contributed by atoms with E-state index in [1.54, 1.807) is 25.2 Å². The molecule has 0 aliphatic carbocycles. The molecule has 3 aliphatic rings. The van der Waals surface area contributed by atoms with Crippen molar-refractivity contribution in [1.29, 1.82) is 0 Å². The Hall–Kier alpha value is -3.90. The standard InChI is InChI=1S/C31H30ClF3N6O3/c1-39(23-15-40(30(42)43)14-22(23)34)28-20-12-36-26(19-7-2-5-17-6-3-8-21(32)24(17)19)25(35)27(20)37-29(38-28)44-16-31-9-4-10-41(31)13-18(33)11-31/h2-3,5-8,12,18,22-23H,4,9-11,13-16H2,1H3,(H,42,43)/t18-,22-,23-,31+/m1/s1. The molecular weight excluding hydrogens is 597 g/mol. The maximum Gasteiger partial charge on any atom is 0.407 e. The van der Waals surface area contributed by atoms with Crippen LogP contribution in [-0.2, 0) is 0 Å².